The van der Waals surface area contributed by atoms with Crippen molar-refractivity contribution in [3.63, 3.8) is 0 Å². The van der Waals surface area contributed by atoms with E-state index >= 15 is 0 Å². The lowest BCUT2D eigenvalue weighted by molar-refractivity contribution is 0.0970. The lowest BCUT2D eigenvalue weighted by Gasteiger charge is -2.34. The molecule has 0 saturated heterocycles. The van der Waals surface area contributed by atoms with Gasteiger partial charge in [0, 0.05) is 29.9 Å². The number of carbonyl (C=O) groups excluding carboxylic acids is 1. The van der Waals surface area contributed by atoms with E-state index in [1.807, 2.05) is 12.1 Å². The molecule has 2 atom stereocenters. The minimum Gasteiger partial charge on any atom is -0.490 e. The van der Waals surface area contributed by atoms with E-state index < -0.39 is 0 Å². The van der Waals surface area contributed by atoms with Crippen molar-refractivity contribution in [1.29, 1.82) is 0 Å². The Morgan fingerprint density at radius 3 is 2.26 bits per heavy atom. The number of nitrogens with two attached hydrogens (primary N) is 2. The van der Waals surface area contributed by atoms with Gasteiger partial charge in [0.1, 0.15) is 17.2 Å². The molecule has 2 unspecified atom stereocenters. The summed E-state index contributed by atoms with van der Waals surface area (Å²) in [7, 11) is 0. The molecular weight excluding hydrogens is 424 g/mol. The summed E-state index contributed by atoms with van der Waals surface area (Å²) < 4.78 is 12.3. The maximum atomic E-state index is 13.2. The number of ether oxygens (including phenoxy) is 2. The van der Waals surface area contributed by atoms with Gasteiger partial charge in [-0.15, -0.1) is 0 Å². The lowest BCUT2D eigenvalue weighted by Crippen LogP contribution is -2.23. The molecule has 0 radical (unpaired) electrons. The van der Waals surface area contributed by atoms with E-state index in [0.29, 0.717) is 46.5 Å². The lowest BCUT2D eigenvalue weighted by atomic mass is 9.72. The molecule has 2 aliphatic rings. The molecule has 4 rings (SSSR count). The van der Waals surface area contributed by atoms with Gasteiger partial charge in [-0.05, 0) is 87.5 Å². The molecule has 2 aromatic rings. The van der Waals surface area contributed by atoms with Crippen LogP contribution in [0.3, 0.4) is 0 Å². The van der Waals surface area contributed by atoms with E-state index in [1.54, 1.807) is 24.3 Å². The van der Waals surface area contributed by atoms with Gasteiger partial charge in [-0.1, -0.05) is 26.2 Å². The van der Waals surface area contributed by atoms with E-state index in [1.165, 1.54) is 38.5 Å². The van der Waals surface area contributed by atoms with Crippen LogP contribution in [0, 0.1) is 17.8 Å². The molecule has 0 bridgehead atoms. The summed E-state index contributed by atoms with van der Waals surface area (Å²) in [6.45, 7) is 4.44. The van der Waals surface area contributed by atoms with Gasteiger partial charge < -0.3 is 20.9 Å². The summed E-state index contributed by atoms with van der Waals surface area (Å²) in [5.74, 6) is 4.32. The molecule has 1 heterocycles. The van der Waals surface area contributed by atoms with E-state index in [0.717, 1.165) is 31.1 Å². The molecule has 184 valence electrons. The molecule has 4 N–H and O–H groups in total. The van der Waals surface area contributed by atoms with Gasteiger partial charge in [-0.3, -0.25) is 4.79 Å². The minimum absolute atomic E-state index is 0.0691. The zero-order valence-electron chi connectivity index (χ0n) is 20.7. The fourth-order valence-corrected chi connectivity index (χ4v) is 5.80. The number of hydrogen-bond donors (Lipinski definition) is 2. The van der Waals surface area contributed by atoms with Crippen molar-refractivity contribution in [3.05, 3.63) is 42.0 Å². The molecule has 5 heteroatoms. The Morgan fingerprint density at radius 2 is 1.56 bits per heavy atom. The molecule has 1 aliphatic heterocycles. The molecule has 1 aliphatic carbocycles. The van der Waals surface area contributed by atoms with Crippen molar-refractivity contribution in [1.82, 2.24) is 0 Å². The van der Waals surface area contributed by atoms with E-state index in [-0.39, 0.29) is 11.9 Å². The fraction of sp³-hybridized carbons (Fsp3) is 0.552. The molecule has 5 nitrogen and oxygen atoms in total. The van der Waals surface area contributed by atoms with Crippen LogP contribution in [-0.2, 0) is 0 Å². The first kappa shape index (κ1) is 24.4. The van der Waals surface area contributed by atoms with Crippen molar-refractivity contribution >= 4 is 17.2 Å². The van der Waals surface area contributed by atoms with Crippen LogP contribution in [0.5, 0.6) is 17.2 Å². The predicted octanol–water partition coefficient (Wildman–Crippen LogP) is 7.39. The Kier molecular flexibility index (Phi) is 8.02. The van der Waals surface area contributed by atoms with Crippen molar-refractivity contribution in [2.75, 3.05) is 11.5 Å². The Morgan fingerprint density at radius 1 is 0.882 bits per heavy atom. The summed E-state index contributed by atoms with van der Waals surface area (Å²) in [5, 5.41) is 0. The average Bonchev–Trinajstić information content (AvgIpc) is 2.83. The molecule has 34 heavy (non-hydrogen) atoms. The SMILES string of the molecule is CCC1CCC(C2CCCC(=O)c3cc(Oc4cc(N)cc(N)c4)ccc3OC(C)CC2)CC1. The Labute approximate surface area is 204 Å². The first-order valence-corrected chi connectivity index (χ1v) is 13.1. The second kappa shape index (κ2) is 11.2. The highest BCUT2D eigenvalue weighted by molar-refractivity contribution is 5.99. The zero-order valence-corrected chi connectivity index (χ0v) is 20.7. The number of ketones is 1. The Hall–Kier alpha value is -2.69. The van der Waals surface area contributed by atoms with Crippen LogP contribution in [0.25, 0.3) is 0 Å². The average molecular weight is 465 g/mol. The maximum Gasteiger partial charge on any atom is 0.166 e. The Bertz CT molecular complexity index is 961. The number of hydrogen-bond acceptors (Lipinski definition) is 5. The smallest absolute Gasteiger partial charge is 0.166 e. The first-order chi connectivity index (χ1) is 16.4. The number of fused-ring (bicyclic) bond motifs is 1. The molecule has 2 aromatic carbocycles. The topological polar surface area (TPSA) is 87.6 Å². The predicted molar refractivity (Wildman–Crippen MR) is 139 cm³/mol. The van der Waals surface area contributed by atoms with Crippen molar-refractivity contribution in [2.24, 2.45) is 17.8 Å². The van der Waals surface area contributed by atoms with Crippen LogP contribution < -0.4 is 20.9 Å². The van der Waals surface area contributed by atoms with Crippen molar-refractivity contribution in [3.8, 4) is 17.2 Å². The molecule has 0 spiro atoms. The summed E-state index contributed by atoms with van der Waals surface area (Å²) >= 11 is 0. The molecule has 1 saturated carbocycles. The summed E-state index contributed by atoms with van der Waals surface area (Å²) in [6.07, 6.45) is 11.6. The van der Waals surface area contributed by atoms with Crippen molar-refractivity contribution in [2.45, 2.75) is 84.2 Å². The number of nitrogen functional groups attached to an aromatic ring is 2. The van der Waals surface area contributed by atoms with Gasteiger partial charge >= 0.3 is 0 Å². The monoisotopic (exact) mass is 464 g/mol. The normalized spacial score (nSPS) is 26.1. The molecule has 0 aromatic heterocycles. The van der Waals surface area contributed by atoms with Gasteiger partial charge in [-0.2, -0.15) is 0 Å². The fourth-order valence-electron chi connectivity index (χ4n) is 5.80. The highest BCUT2D eigenvalue weighted by atomic mass is 16.5. The van der Waals surface area contributed by atoms with E-state index in [9.17, 15) is 4.79 Å². The summed E-state index contributed by atoms with van der Waals surface area (Å²) in [4.78, 5) is 13.2. The van der Waals surface area contributed by atoms with Crippen LogP contribution in [0.4, 0.5) is 11.4 Å². The van der Waals surface area contributed by atoms with Crippen LogP contribution in [0.2, 0.25) is 0 Å². The van der Waals surface area contributed by atoms with Gasteiger partial charge in [0.15, 0.2) is 5.78 Å². The third kappa shape index (κ3) is 6.25. The van der Waals surface area contributed by atoms with Crippen LogP contribution in [0.1, 0.15) is 88.4 Å². The van der Waals surface area contributed by atoms with Crippen LogP contribution >= 0.6 is 0 Å². The quantitative estimate of drug-likeness (QED) is 0.461. The van der Waals surface area contributed by atoms with Gasteiger partial charge in [0.2, 0.25) is 0 Å². The largest absolute Gasteiger partial charge is 0.490 e. The van der Waals surface area contributed by atoms with E-state index in [2.05, 4.69) is 13.8 Å². The van der Waals surface area contributed by atoms with Gasteiger partial charge in [0.25, 0.3) is 0 Å². The Balaban J connectivity index is 1.48. The maximum absolute atomic E-state index is 13.2. The third-order valence-corrected chi connectivity index (χ3v) is 7.82. The van der Waals surface area contributed by atoms with Crippen LogP contribution in [0.15, 0.2) is 36.4 Å². The number of carbonyl (C=O) groups is 1. The molecule has 0 amide bonds. The number of Topliss-reactive ketones (excluding diaryl/α,β-unsaturated/α-hetero) is 1. The zero-order chi connectivity index (χ0) is 24.1. The standard InChI is InChI=1S/C29H40N2O3/c1-3-20-8-11-22(12-9-20)21-5-4-6-28(32)27-18-25(13-14-29(27)33-19(2)7-10-21)34-26-16-23(30)15-24(31)17-26/h13-22H,3-12,30-31H2,1-2H3. The highest BCUT2D eigenvalue weighted by Crippen LogP contribution is 2.40. The van der Waals surface area contributed by atoms with E-state index in [4.69, 9.17) is 20.9 Å². The van der Waals surface area contributed by atoms with Gasteiger partial charge in [-0.25, -0.2) is 0 Å². The van der Waals surface area contributed by atoms with Gasteiger partial charge in [0.05, 0.1) is 11.7 Å². The number of anilines is 2. The van der Waals surface area contributed by atoms with Crippen molar-refractivity contribution < 1.29 is 14.3 Å². The highest BCUT2D eigenvalue weighted by Gasteiger charge is 2.28. The number of benzene rings is 2. The molecular formula is C29H40N2O3. The second-order valence-electron chi connectivity index (χ2n) is 10.4. The summed E-state index contributed by atoms with van der Waals surface area (Å²) in [6, 6.07) is 10.6. The minimum atomic E-state index is 0.0691. The summed E-state index contributed by atoms with van der Waals surface area (Å²) in [5.41, 5.74) is 13.5. The molecule has 1 fully saturated rings. The number of rotatable bonds is 4. The first-order valence-electron chi connectivity index (χ1n) is 13.1. The third-order valence-electron chi connectivity index (χ3n) is 7.82. The van der Waals surface area contributed by atoms with Crippen LogP contribution in [-0.4, -0.2) is 11.9 Å². The second-order valence-corrected chi connectivity index (χ2v) is 10.4.